The maximum atomic E-state index is 12.8. The highest BCUT2D eigenvalue weighted by molar-refractivity contribution is 8.01. The second kappa shape index (κ2) is 8.39. The van der Waals surface area contributed by atoms with Crippen LogP contribution >= 0.6 is 23.1 Å². The number of aryl methyl sites for hydroxylation is 2. The zero-order valence-electron chi connectivity index (χ0n) is 16.3. The number of hydrogen-bond acceptors (Lipinski definition) is 5. The van der Waals surface area contributed by atoms with E-state index < -0.39 is 0 Å². The molecule has 7 heteroatoms. The van der Waals surface area contributed by atoms with Crippen molar-refractivity contribution in [2.75, 3.05) is 16.8 Å². The molecule has 0 spiro atoms. The number of aromatic nitrogens is 1. The fourth-order valence-electron chi connectivity index (χ4n) is 3.25. The van der Waals surface area contributed by atoms with Crippen molar-refractivity contribution in [3.05, 3.63) is 64.7 Å². The summed E-state index contributed by atoms with van der Waals surface area (Å²) in [6.45, 7) is 4.67. The van der Waals surface area contributed by atoms with Crippen molar-refractivity contribution in [2.45, 2.75) is 35.9 Å². The van der Waals surface area contributed by atoms with E-state index >= 15 is 0 Å². The third-order valence-corrected chi connectivity index (χ3v) is 6.79. The number of anilines is 2. The van der Waals surface area contributed by atoms with Gasteiger partial charge in [0, 0.05) is 45.9 Å². The summed E-state index contributed by atoms with van der Waals surface area (Å²) in [6, 6.07) is 13.2. The fraction of sp³-hybridized carbons (Fsp3) is 0.227. The molecule has 0 bridgehead atoms. The van der Waals surface area contributed by atoms with E-state index in [1.54, 1.807) is 40.1 Å². The van der Waals surface area contributed by atoms with Gasteiger partial charge in [-0.2, -0.15) is 0 Å². The molecule has 1 aliphatic rings. The van der Waals surface area contributed by atoms with Gasteiger partial charge in [-0.05, 0) is 62.2 Å². The van der Waals surface area contributed by atoms with E-state index in [1.807, 2.05) is 43.5 Å². The number of benzene rings is 2. The van der Waals surface area contributed by atoms with Gasteiger partial charge in [-0.25, -0.2) is 4.98 Å². The van der Waals surface area contributed by atoms with Crippen molar-refractivity contribution in [3.63, 3.8) is 0 Å². The molecule has 2 aromatic carbocycles. The molecule has 29 heavy (non-hydrogen) atoms. The molecule has 1 saturated heterocycles. The smallest absolute Gasteiger partial charge is 0.255 e. The van der Waals surface area contributed by atoms with Gasteiger partial charge < -0.3 is 10.2 Å². The van der Waals surface area contributed by atoms with Gasteiger partial charge >= 0.3 is 0 Å². The van der Waals surface area contributed by atoms with Crippen LogP contribution in [-0.4, -0.2) is 23.3 Å². The van der Waals surface area contributed by atoms with Crippen molar-refractivity contribution in [3.8, 4) is 0 Å². The van der Waals surface area contributed by atoms with Crippen molar-refractivity contribution < 1.29 is 9.59 Å². The molecular weight excluding hydrogens is 402 g/mol. The Kier molecular flexibility index (Phi) is 5.69. The summed E-state index contributed by atoms with van der Waals surface area (Å²) >= 11 is 3.25. The van der Waals surface area contributed by atoms with Gasteiger partial charge in [-0.1, -0.05) is 17.8 Å². The number of carbonyl (C=O) groups is 2. The summed E-state index contributed by atoms with van der Waals surface area (Å²) in [5.74, 6) is -0.0699. The van der Waals surface area contributed by atoms with Crippen LogP contribution in [0.2, 0.25) is 0 Å². The first-order valence-electron chi connectivity index (χ1n) is 9.42. The quantitative estimate of drug-likeness (QED) is 0.606. The van der Waals surface area contributed by atoms with E-state index in [2.05, 4.69) is 16.4 Å². The Morgan fingerprint density at radius 1 is 1.21 bits per heavy atom. The average Bonchev–Trinajstić information content (AvgIpc) is 3.32. The predicted octanol–water partition coefficient (Wildman–Crippen LogP) is 5.29. The van der Waals surface area contributed by atoms with Crippen LogP contribution in [0.15, 0.2) is 57.1 Å². The molecule has 3 aromatic rings. The average molecular weight is 424 g/mol. The van der Waals surface area contributed by atoms with E-state index in [9.17, 15) is 9.59 Å². The summed E-state index contributed by atoms with van der Waals surface area (Å²) in [4.78, 5) is 32.0. The molecule has 4 rings (SSSR count). The normalized spacial score (nSPS) is 13.7. The van der Waals surface area contributed by atoms with Crippen molar-refractivity contribution in [2.24, 2.45) is 0 Å². The standard InChI is InChI=1S/C22H21N3O2S2/c1-14-11-18(29-22-23-15(2)13-28-22)8-9-19(14)24-21(27)16-5-3-6-17(12-16)25-10-4-7-20(25)26/h3,5-6,8-9,11-13H,4,7,10H2,1-2H3,(H,24,27). The van der Waals surface area contributed by atoms with Crippen LogP contribution in [0.5, 0.6) is 0 Å². The Morgan fingerprint density at radius 3 is 2.76 bits per heavy atom. The second-order valence-corrected chi connectivity index (χ2v) is 9.17. The van der Waals surface area contributed by atoms with Gasteiger partial charge in [-0.15, -0.1) is 11.3 Å². The Morgan fingerprint density at radius 2 is 2.07 bits per heavy atom. The van der Waals surface area contributed by atoms with Gasteiger partial charge in [0.25, 0.3) is 5.91 Å². The van der Waals surface area contributed by atoms with Crippen molar-refractivity contribution in [1.82, 2.24) is 4.98 Å². The number of rotatable bonds is 5. The Bertz CT molecular complexity index is 1080. The van der Waals surface area contributed by atoms with Crippen LogP contribution in [0.25, 0.3) is 0 Å². The lowest BCUT2D eigenvalue weighted by atomic mass is 10.1. The van der Waals surface area contributed by atoms with Crippen LogP contribution in [0.3, 0.4) is 0 Å². The molecule has 1 fully saturated rings. The molecule has 0 unspecified atom stereocenters. The maximum absolute atomic E-state index is 12.8. The molecule has 0 radical (unpaired) electrons. The number of thiazole rings is 1. The highest BCUT2D eigenvalue weighted by Crippen LogP contribution is 2.32. The lowest BCUT2D eigenvalue weighted by Crippen LogP contribution is -2.24. The topological polar surface area (TPSA) is 62.3 Å². The fourth-order valence-corrected chi connectivity index (χ4v) is 5.16. The molecule has 1 aromatic heterocycles. The maximum Gasteiger partial charge on any atom is 0.255 e. The molecule has 0 atom stereocenters. The number of nitrogens with zero attached hydrogens (tertiary/aromatic N) is 2. The van der Waals surface area contributed by atoms with Gasteiger partial charge in [0.1, 0.15) is 0 Å². The van der Waals surface area contributed by atoms with Crippen LogP contribution in [-0.2, 0) is 4.79 Å². The number of carbonyl (C=O) groups excluding carboxylic acids is 2. The number of nitrogens with one attached hydrogen (secondary N) is 1. The second-order valence-electron chi connectivity index (χ2n) is 6.99. The molecule has 2 amide bonds. The zero-order chi connectivity index (χ0) is 20.4. The third kappa shape index (κ3) is 4.52. The van der Waals surface area contributed by atoms with E-state index in [4.69, 9.17) is 0 Å². The minimum Gasteiger partial charge on any atom is -0.322 e. The summed E-state index contributed by atoms with van der Waals surface area (Å²) < 4.78 is 1.01. The first kappa shape index (κ1) is 19.7. The first-order valence-corrected chi connectivity index (χ1v) is 11.1. The molecule has 148 valence electrons. The Labute approximate surface area is 178 Å². The third-order valence-electron chi connectivity index (χ3n) is 4.74. The van der Waals surface area contributed by atoms with E-state index in [0.29, 0.717) is 18.5 Å². The molecule has 5 nitrogen and oxygen atoms in total. The molecule has 1 aliphatic heterocycles. The lowest BCUT2D eigenvalue weighted by molar-refractivity contribution is -0.117. The Hall–Kier alpha value is -2.64. The summed E-state index contributed by atoms with van der Waals surface area (Å²) in [5.41, 5.74) is 4.11. The first-order chi connectivity index (χ1) is 14.0. The van der Waals surface area contributed by atoms with Gasteiger partial charge in [0.2, 0.25) is 5.91 Å². The van der Waals surface area contributed by atoms with Gasteiger partial charge in [-0.3, -0.25) is 9.59 Å². The molecular formula is C22H21N3O2S2. The van der Waals surface area contributed by atoms with Gasteiger partial charge in [0.15, 0.2) is 4.34 Å². The predicted molar refractivity (Wildman–Crippen MR) is 118 cm³/mol. The SMILES string of the molecule is Cc1csc(Sc2ccc(NC(=O)c3cccc(N4CCCC4=O)c3)c(C)c2)n1. The van der Waals surface area contributed by atoms with E-state index in [0.717, 1.165) is 38.3 Å². The van der Waals surface area contributed by atoms with Crippen LogP contribution in [0.4, 0.5) is 11.4 Å². The van der Waals surface area contributed by atoms with E-state index in [1.165, 1.54) is 0 Å². The lowest BCUT2D eigenvalue weighted by Gasteiger charge is -2.16. The largest absolute Gasteiger partial charge is 0.322 e. The summed E-state index contributed by atoms with van der Waals surface area (Å²) in [7, 11) is 0. The van der Waals surface area contributed by atoms with Crippen molar-refractivity contribution in [1.29, 1.82) is 0 Å². The minimum absolute atomic E-state index is 0.113. The highest BCUT2D eigenvalue weighted by Gasteiger charge is 2.22. The van der Waals surface area contributed by atoms with Gasteiger partial charge in [0.05, 0.1) is 0 Å². The van der Waals surface area contributed by atoms with Crippen LogP contribution < -0.4 is 10.2 Å². The van der Waals surface area contributed by atoms with Crippen molar-refractivity contribution >= 4 is 46.3 Å². The minimum atomic E-state index is -0.183. The molecule has 0 saturated carbocycles. The highest BCUT2D eigenvalue weighted by atomic mass is 32.2. The molecule has 0 aliphatic carbocycles. The van der Waals surface area contributed by atoms with Crippen LogP contribution in [0, 0.1) is 13.8 Å². The van der Waals surface area contributed by atoms with E-state index in [-0.39, 0.29) is 11.8 Å². The number of amides is 2. The molecule has 2 heterocycles. The monoisotopic (exact) mass is 423 g/mol. The summed E-state index contributed by atoms with van der Waals surface area (Å²) in [5, 5.41) is 5.02. The molecule has 1 N–H and O–H groups in total. The number of hydrogen-bond donors (Lipinski definition) is 1. The summed E-state index contributed by atoms with van der Waals surface area (Å²) in [6.07, 6.45) is 1.43. The zero-order valence-corrected chi connectivity index (χ0v) is 17.9. The van der Waals surface area contributed by atoms with Crippen LogP contribution in [0.1, 0.15) is 34.5 Å². The Balaban J connectivity index is 1.47.